The maximum Gasteiger partial charge on any atom is 0.245 e. The second-order valence-electron chi connectivity index (χ2n) is 7.03. The van der Waals surface area contributed by atoms with Crippen LogP contribution in [0.3, 0.4) is 0 Å². The van der Waals surface area contributed by atoms with Crippen molar-refractivity contribution in [1.82, 2.24) is 14.5 Å². The van der Waals surface area contributed by atoms with Gasteiger partial charge in [0.25, 0.3) is 0 Å². The number of hydrogen-bond acceptors (Lipinski definition) is 3. The topological polar surface area (TPSA) is 47.4 Å². The summed E-state index contributed by atoms with van der Waals surface area (Å²) in [7, 11) is 0. The third-order valence-corrected chi connectivity index (χ3v) is 6.27. The summed E-state index contributed by atoms with van der Waals surface area (Å²) in [6.45, 7) is 4.16. The number of hydrogen-bond donors (Lipinski definition) is 0. The number of amides is 1. The molecule has 1 fully saturated rings. The molecule has 0 bridgehead atoms. The quantitative estimate of drug-likeness (QED) is 0.559. The van der Waals surface area contributed by atoms with Gasteiger partial charge in [0.15, 0.2) is 0 Å². The highest BCUT2D eigenvalue weighted by molar-refractivity contribution is 6.42. The van der Waals surface area contributed by atoms with E-state index >= 15 is 0 Å². The van der Waals surface area contributed by atoms with Gasteiger partial charge in [0.1, 0.15) is 11.9 Å². The number of morpholine rings is 1. The Labute approximate surface area is 184 Å². The van der Waals surface area contributed by atoms with Gasteiger partial charge in [-0.2, -0.15) is 0 Å². The van der Waals surface area contributed by atoms with Gasteiger partial charge in [-0.15, -0.1) is 0 Å². The van der Waals surface area contributed by atoms with Gasteiger partial charge in [-0.3, -0.25) is 4.79 Å². The number of benzene rings is 2. The van der Waals surface area contributed by atoms with Crippen molar-refractivity contribution < 1.29 is 9.53 Å². The summed E-state index contributed by atoms with van der Waals surface area (Å²) < 4.78 is 7.32. The van der Waals surface area contributed by atoms with Crippen LogP contribution in [-0.2, 0) is 16.0 Å². The molecule has 1 aromatic heterocycles. The molecule has 3 aromatic rings. The monoisotopic (exact) mass is 451 g/mol. The van der Waals surface area contributed by atoms with E-state index in [1.165, 1.54) is 0 Å². The number of ether oxygens (including phenoxy) is 1. The Kier molecular flexibility index (Phi) is 6.02. The zero-order valence-corrected chi connectivity index (χ0v) is 18.1. The lowest BCUT2D eigenvalue weighted by Crippen LogP contribution is -2.43. The van der Waals surface area contributed by atoms with Gasteiger partial charge in [0, 0.05) is 24.5 Å². The molecule has 0 spiro atoms. The molecule has 2 heterocycles. The van der Waals surface area contributed by atoms with Crippen molar-refractivity contribution in [3.8, 4) is 0 Å². The normalized spacial score (nSPS) is 15.7. The first-order valence-corrected chi connectivity index (χ1v) is 10.5. The van der Waals surface area contributed by atoms with Crippen LogP contribution in [-0.4, -0.2) is 46.7 Å². The smallest absolute Gasteiger partial charge is 0.245 e. The van der Waals surface area contributed by atoms with E-state index in [9.17, 15) is 4.79 Å². The van der Waals surface area contributed by atoms with Gasteiger partial charge in [-0.1, -0.05) is 53.0 Å². The fourth-order valence-corrected chi connectivity index (χ4v) is 4.19. The Morgan fingerprint density at radius 1 is 1.10 bits per heavy atom. The number of imidazole rings is 1. The van der Waals surface area contributed by atoms with E-state index in [-0.39, 0.29) is 5.91 Å². The Morgan fingerprint density at radius 3 is 2.52 bits per heavy atom. The molecule has 0 radical (unpaired) electrons. The summed E-state index contributed by atoms with van der Waals surface area (Å²) in [5.74, 6) is 0.764. The van der Waals surface area contributed by atoms with E-state index in [4.69, 9.17) is 44.5 Å². The van der Waals surface area contributed by atoms with Crippen molar-refractivity contribution in [2.45, 2.75) is 19.4 Å². The van der Waals surface area contributed by atoms with Crippen LogP contribution in [0.4, 0.5) is 0 Å². The molecule has 0 saturated carbocycles. The molecule has 1 amide bonds. The Bertz CT molecular complexity index is 1060. The molecular formula is C21H20Cl3N3O2. The number of carbonyl (C=O) groups excluding carboxylic acids is 1. The van der Waals surface area contributed by atoms with Gasteiger partial charge < -0.3 is 14.2 Å². The first kappa shape index (κ1) is 20.5. The summed E-state index contributed by atoms with van der Waals surface area (Å²) in [6, 6.07) is 10.7. The van der Waals surface area contributed by atoms with E-state index in [1.807, 2.05) is 40.7 Å². The Morgan fingerprint density at radius 2 is 1.79 bits per heavy atom. The second-order valence-corrected chi connectivity index (χ2v) is 8.26. The maximum atomic E-state index is 13.2. The minimum absolute atomic E-state index is 0.0269. The standard InChI is InChI=1S/C21H20Cl3N3O2/c1-13(21(28)26-6-8-29-9-7-26)27-19-12-17(24)16(23)11-18(19)25-20(27)10-14-4-2-3-5-15(14)22/h2-5,11-13H,6-10H2,1H3/t13-/m1/s1. The minimum atomic E-state index is -0.451. The number of nitrogens with zero attached hydrogens (tertiary/aromatic N) is 3. The highest BCUT2D eigenvalue weighted by Gasteiger charge is 2.27. The van der Waals surface area contributed by atoms with Crippen molar-refractivity contribution in [3.05, 3.63) is 62.9 Å². The number of rotatable bonds is 4. The molecule has 0 N–H and O–H groups in total. The van der Waals surface area contributed by atoms with Crippen molar-refractivity contribution in [3.63, 3.8) is 0 Å². The predicted molar refractivity (Wildman–Crippen MR) is 116 cm³/mol. The van der Waals surface area contributed by atoms with Crippen LogP contribution in [0.15, 0.2) is 36.4 Å². The molecule has 0 aliphatic carbocycles. The van der Waals surface area contributed by atoms with Crippen LogP contribution in [0.2, 0.25) is 15.1 Å². The van der Waals surface area contributed by atoms with Crippen molar-refractivity contribution in [2.24, 2.45) is 0 Å². The van der Waals surface area contributed by atoms with Gasteiger partial charge in [-0.05, 0) is 30.7 Å². The van der Waals surface area contributed by atoms with E-state index in [1.54, 1.807) is 12.1 Å². The highest BCUT2D eigenvalue weighted by atomic mass is 35.5. The molecule has 152 valence electrons. The molecule has 8 heteroatoms. The molecule has 1 saturated heterocycles. The fourth-order valence-electron chi connectivity index (χ4n) is 3.67. The third kappa shape index (κ3) is 4.10. The molecule has 4 rings (SSSR count). The van der Waals surface area contributed by atoms with Crippen molar-refractivity contribution >= 4 is 51.7 Å². The lowest BCUT2D eigenvalue weighted by Gasteiger charge is -2.30. The van der Waals surface area contributed by atoms with Gasteiger partial charge in [0.05, 0.1) is 34.3 Å². The van der Waals surface area contributed by atoms with Gasteiger partial charge in [-0.25, -0.2) is 4.98 Å². The zero-order valence-electron chi connectivity index (χ0n) is 15.9. The summed E-state index contributed by atoms with van der Waals surface area (Å²) in [5.41, 5.74) is 2.41. The number of halogens is 3. The third-order valence-electron chi connectivity index (χ3n) is 5.18. The first-order valence-electron chi connectivity index (χ1n) is 9.41. The zero-order chi connectivity index (χ0) is 20.5. The largest absolute Gasteiger partial charge is 0.378 e. The molecule has 2 aromatic carbocycles. The number of aromatic nitrogens is 2. The van der Waals surface area contributed by atoms with E-state index < -0.39 is 6.04 Å². The van der Waals surface area contributed by atoms with Crippen molar-refractivity contribution in [2.75, 3.05) is 26.3 Å². The number of fused-ring (bicyclic) bond motifs is 1. The van der Waals surface area contributed by atoms with E-state index in [0.29, 0.717) is 53.3 Å². The molecular weight excluding hydrogens is 433 g/mol. The van der Waals surface area contributed by atoms with Crippen LogP contribution in [0.5, 0.6) is 0 Å². The SMILES string of the molecule is C[C@H](C(=O)N1CCOCC1)n1c(Cc2ccccc2Cl)nc2cc(Cl)c(Cl)cc21. The van der Waals surface area contributed by atoms with Crippen LogP contribution >= 0.6 is 34.8 Å². The predicted octanol–water partition coefficient (Wildman–Crippen LogP) is 5.01. The molecule has 5 nitrogen and oxygen atoms in total. The summed E-state index contributed by atoms with van der Waals surface area (Å²) in [6.07, 6.45) is 0.490. The lowest BCUT2D eigenvalue weighted by molar-refractivity contribution is -0.138. The van der Waals surface area contributed by atoms with Crippen LogP contribution < -0.4 is 0 Å². The van der Waals surface area contributed by atoms with Crippen LogP contribution in [0.25, 0.3) is 11.0 Å². The second kappa shape index (κ2) is 8.52. The first-order chi connectivity index (χ1) is 14.0. The van der Waals surface area contributed by atoms with Crippen molar-refractivity contribution in [1.29, 1.82) is 0 Å². The summed E-state index contributed by atoms with van der Waals surface area (Å²) in [4.78, 5) is 19.8. The summed E-state index contributed by atoms with van der Waals surface area (Å²) >= 11 is 18.9. The number of carbonyl (C=O) groups is 1. The van der Waals surface area contributed by atoms with Gasteiger partial charge in [0.2, 0.25) is 5.91 Å². The maximum absolute atomic E-state index is 13.2. The Balaban J connectivity index is 1.80. The van der Waals surface area contributed by atoms with E-state index in [2.05, 4.69) is 0 Å². The van der Waals surface area contributed by atoms with Gasteiger partial charge >= 0.3 is 0 Å². The average Bonchev–Trinajstić information content (AvgIpc) is 3.06. The highest BCUT2D eigenvalue weighted by Crippen LogP contribution is 2.32. The molecule has 1 aliphatic heterocycles. The minimum Gasteiger partial charge on any atom is -0.378 e. The van der Waals surface area contributed by atoms with Crippen LogP contribution in [0.1, 0.15) is 24.4 Å². The van der Waals surface area contributed by atoms with E-state index in [0.717, 1.165) is 16.9 Å². The molecule has 1 aliphatic rings. The average molecular weight is 453 g/mol. The molecule has 0 unspecified atom stereocenters. The fraction of sp³-hybridized carbons (Fsp3) is 0.333. The molecule has 1 atom stereocenters. The molecule has 29 heavy (non-hydrogen) atoms. The summed E-state index contributed by atoms with van der Waals surface area (Å²) in [5, 5.41) is 1.52. The lowest BCUT2D eigenvalue weighted by atomic mass is 10.1. The van der Waals surface area contributed by atoms with Crippen LogP contribution in [0, 0.1) is 0 Å². The Hall–Kier alpha value is -1.79.